The summed E-state index contributed by atoms with van der Waals surface area (Å²) in [6, 6.07) is 0.676. The van der Waals surface area contributed by atoms with Crippen LogP contribution in [-0.4, -0.2) is 33.5 Å². The van der Waals surface area contributed by atoms with Crippen molar-refractivity contribution in [2.45, 2.75) is 88.5 Å². The van der Waals surface area contributed by atoms with Gasteiger partial charge in [-0.2, -0.15) is 0 Å². The summed E-state index contributed by atoms with van der Waals surface area (Å²) in [5.74, 6) is 0. The second-order valence-electron chi connectivity index (χ2n) is 6.67. The normalized spacial score (nSPS) is 40.5. The van der Waals surface area contributed by atoms with E-state index in [2.05, 4.69) is 0 Å². The van der Waals surface area contributed by atoms with E-state index in [1.54, 1.807) is 0 Å². The van der Waals surface area contributed by atoms with Crippen molar-refractivity contribution in [1.29, 1.82) is 0 Å². The van der Waals surface area contributed by atoms with Gasteiger partial charge in [0, 0.05) is 12.1 Å². The second kappa shape index (κ2) is 9.44. The quantitative estimate of drug-likeness (QED) is 0.547. The van der Waals surface area contributed by atoms with Crippen LogP contribution in [0, 0.1) is 0 Å². The minimum absolute atomic E-state index is 0. The second-order valence-corrected chi connectivity index (χ2v) is 6.67. The number of nitrogens with two attached hydrogens (primary N) is 2. The number of hydrogen-bond donors (Lipinski definition) is 4. The van der Waals surface area contributed by atoms with E-state index in [9.17, 15) is 10.2 Å². The van der Waals surface area contributed by atoms with Crippen molar-refractivity contribution in [2.24, 2.45) is 11.5 Å². The van der Waals surface area contributed by atoms with Crippen LogP contribution in [-0.2, 0) is 0 Å². The Morgan fingerprint density at radius 3 is 1.05 bits per heavy atom. The first-order chi connectivity index (χ1) is 8.20. The fourth-order valence-corrected chi connectivity index (χ4v) is 2.52. The molecule has 0 aromatic rings. The Kier molecular flexibility index (Phi) is 10.7. The first-order valence-electron chi connectivity index (χ1n) is 7.16. The van der Waals surface area contributed by atoms with E-state index < -0.39 is 11.2 Å². The summed E-state index contributed by atoms with van der Waals surface area (Å²) in [5.41, 5.74) is 10.4. The molecule has 2 rings (SSSR count). The lowest BCUT2D eigenvalue weighted by Gasteiger charge is -2.30. The minimum Gasteiger partial charge on any atom is -0.390 e. The molecule has 2 aliphatic carbocycles. The van der Waals surface area contributed by atoms with Crippen LogP contribution in [0.1, 0.15) is 65.2 Å². The SMILES string of the molecule is CC1(O)CCC(N)CC1.CC1(O)CCC(N)CC1.Cl.Cl. The van der Waals surface area contributed by atoms with Gasteiger partial charge in [0.05, 0.1) is 11.2 Å². The molecule has 0 bridgehead atoms. The number of halogens is 2. The summed E-state index contributed by atoms with van der Waals surface area (Å²) >= 11 is 0. The van der Waals surface area contributed by atoms with Gasteiger partial charge in [-0.3, -0.25) is 0 Å². The summed E-state index contributed by atoms with van der Waals surface area (Å²) in [6.45, 7) is 3.78. The molecular weight excluding hydrogens is 299 g/mol. The third kappa shape index (κ3) is 9.37. The Balaban J connectivity index is 0. The number of aliphatic hydroxyl groups is 2. The van der Waals surface area contributed by atoms with Crippen LogP contribution in [0.25, 0.3) is 0 Å². The highest BCUT2D eigenvalue weighted by Crippen LogP contribution is 2.26. The highest BCUT2D eigenvalue weighted by Gasteiger charge is 2.27. The van der Waals surface area contributed by atoms with Gasteiger partial charge in [-0.1, -0.05) is 0 Å². The maximum Gasteiger partial charge on any atom is 0.0621 e. The van der Waals surface area contributed by atoms with Crippen molar-refractivity contribution in [3.8, 4) is 0 Å². The van der Waals surface area contributed by atoms with Gasteiger partial charge in [0.1, 0.15) is 0 Å². The van der Waals surface area contributed by atoms with Crippen molar-refractivity contribution in [3.05, 3.63) is 0 Å². The van der Waals surface area contributed by atoms with Crippen molar-refractivity contribution in [3.63, 3.8) is 0 Å². The zero-order chi connectivity index (χ0) is 13.8. The lowest BCUT2D eigenvalue weighted by atomic mass is 9.84. The summed E-state index contributed by atoms with van der Waals surface area (Å²) in [7, 11) is 0. The van der Waals surface area contributed by atoms with Crippen molar-refractivity contribution < 1.29 is 10.2 Å². The standard InChI is InChI=1S/2C7H15NO.2ClH/c2*1-7(9)4-2-6(8)3-5-7;;/h2*6,9H,2-5,8H2,1H3;2*1H. The van der Waals surface area contributed by atoms with Crippen LogP contribution in [0.2, 0.25) is 0 Å². The first kappa shape index (κ1) is 22.7. The van der Waals surface area contributed by atoms with E-state index >= 15 is 0 Å². The fourth-order valence-electron chi connectivity index (χ4n) is 2.52. The molecule has 0 radical (unpaired) electrons. The largest absolute Gasteiger partial charge is 0.390 e. The van der Waals surface area contributed by atoms with Gasteiger partial charge in [0.15, 0.2) is 0 Å². The van der Waals surface area contributed by atoms with Crippen LogP contribution >= 0.6 is 24.8 Å². The summed E-state index contributed by atoms with van der Waals surface area (Å²) in [4.78, 5) is 0. The van der Waals surface area contributed by atoms with Crippen molar-refractivity contribution in [2.75, 3.05) is 0 Å². The van der Waals surface area contributed by atoms with E-state index in [1.165, 1.54) is 0 Å². The molecule has 20 heavy (non-hydrogen) atoms. The minimum atomic E-state index is -0.421. The molecule has 6 heteroatoms. The molecule has 6 N–H and O–H groups in total. The molecule has 0 atom stereocenters. The van der Waals surface area contributed by atoms with Crippen LogP contribution in [0.5, 0.6) is 0 Å². The highest BCUT2D eigenvalue weighted by atomic mass is 35.5. The maximum absolute atomic E-state index is 9.44. The average molecular weight is 331 g/mol. The topological polar surface area (TPSA) is 92.5 Å². The molecule has 0 aliphatic heterocycles. The molecule has 0 heterocycles. The molecule has 2 aliphatic rings. The summed E-state index contributed by atoms with van der Waals surface area (Å²) < 4.78 is 0. The molecule has 4 nitrogen and oxygen atoms in total. The Morgan fingerprint density at radius 2 is 0.900 bits per heavy atom. The van der Waals surface area contributed by atoms with E-state index in [0.29, 0.717) is 12.1 Å². The lowest BCUT2D eigenvalue weighted by Crippen LogP contribution is -2.36. The predicted octanol–water partition coefficient (Wildman–Crippen LogP) is 2.12. The van der Waals surface area contributed by atoms with Gasteiger partial charge in [-0.05, 0) is 65.2 Å². The van der Waals surface area contributed by atoms with Crippen LogP contribution in [0.3, 0.4) is 0 Å². The molecule has 124 valence electrons. The van der Waals surface area contributed by atoms with E-state index in [0.717, 1.165) is 51.4 Å². The van der Waals surface area contributed by atoms with Crippen LogP contribution in [0.4, 0.5) is 0 Å². The van der Waals surface area contributed by atoms with E-state index in [4.69, 9.17) is 11.5 Å². The number of hydrogen-bond acceptors (Lipinski definition) is 4. The average Bonchev–Trinajstić information content (AvgIpc) is 2.28. The Hall–Kier alpha value is 0.420. The van der Waals surface area contributed by atoms with Crippen molar-refractivity contribution >= 4 is 24.8 Å². The van der Waals surface area contributed by atoms with Crippen LogP contribution < -0.4 is 11.5 Å². The van der Waals surface area contributed by atoms with E-state index in [-0.39, 0.29) is 24.8 Å². The van der Waals surface area contributed by atoms with Crippen LogP contribution in [0.15, 0.2) is 0 Å². The van der Waals surface area contributed by atoms with Gasteiger partial charge in [0.25, 0.3) is 0 Å². The molecule has 0 saturated heterocycles. The fraction of sp³-hybridized carbons (Fsp3) is 1.00. The Morgan fingerprint density at radius 1 is 0.700 bits per heavy atom. The highest BCUT2D eigenvalue weighted by molar-refractivity contribution is 5.85. The monoisotopic (exact) mass is 330 g/mol. The maximum atomic E-state index is 9.44. The molecule has 0 amide bonds. The van der Waals surface area contributed by atoms with Gasteiger partial charge in [0.2, 0.25) is 0 Å². The zero-order valence-electron chi connectivity index (χ0n) is 12.7. The zero-order valence-corrected chi connectivity index (χ0v) is 14.3. The van der Waals surface area contributed by atoms with Crippen molar-refractivity contribution in [1.82, 2.24) is 0 Å². The predicted molar refractivity (Wildman–Crippen MR) is 88.6 cm³/mol. The molecule has 0 aromatic heterocycles. The van der Waals surface area contributed by atoms with Gasteiger partial charge < -0.3 is 21.7 Å². The Bertz CT molecular complexity index is 218. The van der Waals surface area contributed by atoms with E-state index in [1.807, 2.05) is 13.8 Å². The summed E-state index contributed by atoms with van der Waals surface area (Å²) in [5, 5.41) is 18.9. The van der Waals surface area contributed by atoms with Gasteiger partial charge in [-0.15, -0.1) is 24.8 Å². The molecule has 2 saturated carbocycles. The van der Waals surface area contributed by atoms with Gasteiger partial charge in [-0.25, -0.2) is 0 Å². The molecular formula is C14H32Cl2N2O2. The summed E-state index contributed by atoms with van der Waals surface area (Å²) in [6.07, 6.45) is 7.39. The number of rotatable bonds is 0. The molecule has 0 spiro atoms. The Labute approximate surface area is 135 Å². The molecule has 0 aromatic carbocycles. The van der Waals surface area contributed by atoms with Gasteiger partial charge >= 0.3 is 0 Å². The smallest absolute Gasteiger partial charge is 0.0621 e. The molecule has 2 fully saturated rings. The third-order valence-corrected chi connectivity index (χ3v) is 4.21. The lowest BCUT2D eigenvalue weighted by molar-refractivity contribution is 0.0174. The first-order valence-corrected chi connectivity index (χ1v) is 7.16. The molecule has 0 unspecified atom stereocenters. The third-order valence-electron chi connectivity index (χ3n) is 4.21.